The van der Waals surface area contributed by atoms with Crippen molar-refractivity contribution in [3.8, 4) is 5.69 Å². The van der Waals surface area contributed by atoms with Crippen molar-refractivity contribution < 1.29 is 23.1 Å². The zero-order chi connectivity index (χ0) is 20.1. The number of aliphatic carboxylic acids is 1. The lowest BCUT2D eigenvalue weighted by Crippen LogP contribution is -2.35. The number of benzene rings is 1. The van der Waals surface area contributed by atoms with Gasteiger partial charge in [-0.15, -0.1) is 0 Å². The number of nitrogens with one attached hydrogen (secondary N) is 1. The van der Waals surface area contributed by atoms with Crippen molar-refractivity contribution in [2.45, 2.75) is 19.1 Å². The van der Waals surface area contributed by atoms with Crippen LogP contribution in [0, 0.1) is 0 Å². The molecule has 0 aliphatic carbocycles. The molecular weight excluding hydrogens is 437 g/mol. The van der Waals surface area contributed by atoms with Gasteiger partial charge >= 0.3 is 17.8 Å². The summed E-state index contributed by atoms with van der Waals surface area (Å²) in [5.41, 5.74) is -3.66. The third-order valence-electron chi connectivity index (χ3n) is 3.87. The van der Waals surface area contributed by atoms with Crippen molar-refractivity contribution in [3.05, 3.63) is 55.4 Å². The Morgan fingerprint density at radius 3 is 2.52 bits per heavy atom. The van der Waals surface area contributed by atoms with Gasteiger partial charge < -0.3 is 10.1 Å². The van der Waals surface area contributed by atoms with Gasteiger partial charge in [0, 0.05) is 11.5 Å². The van der Waals surface area contributed by atoms with Crippen LogP contribution in [0.3, 0.4) is 0 Å². The molecule has 0 bridgehead atoms. The number of carbonyl (C=O) groups is 1. The third-order valence-corrected chi connectivity index (χ3v) is 4.45. The van der Waals surface area contributed by atoms with E-state index in [1.807, 2.05) is 0 Å². The highest BCUT2D eigenvalue weighted by Crippen LogP contribution is 2.28. The Labute approximate surface area is 156 Å². The molecule has 0 aliphatic heterocycles. The summed E-state index contributed by atoms with van der Waals surface area (Å²) in [6, 6.07) is 3.33. The summed E-state index contributed by atoms with van der Waals surface area (Å²) in [6.07, 6.45) is -4.87. The molecule has 142 valence electrons. The topological polar surface area (TPSA) is 110 Å². The average molecular weight is 447 g/mol. The number of nitrogens with zero attached hydrogens (tertiary/aromatic N) is 3. The summed E-state index contributed by atoms with van der Waals surface area (Å²) in [7, 11) is 0. The molecule has 0 fully saturated rings. The molecule has 0 spiro atoms. The highest BCUT2D eigenvalue weighted by molar-refractivity contribution is 9.10. The van der Waals surface area contributed by atoms with Gasteiger partial charge in [0.15, 0.2) is 0 Å². The maximum Gasteiger partial charge on any atom is 0.431 e. The molecule has 0 saturated carbocycles. The average Bonchev–Trinajstić information content (AvgIpc) is 2.89. The largest absolute Gasteiger partial charge is 0.480 e. The van der Waals surface area contributed by atoms with Crippen LogP contribution in [0.25, 0.3) is 16.6 Å². The van der Waals surface area contributed by atoms with Gasteiger partial charge in [-0.25, -0.2) is 18.8 Å². The number of hydrogen-bond acceptors (Lipinski definition) is 4. The zero-order valence-electron chi connectivity index (χ0n) is 13.4. The van der Waals surface area contributed by atoms with Gasteiger partial charge in [0.1, 0.15) is 16.3 Å². The lowest BCUT2D eigenvalue weighted by Gasteiger charge is -2.11. The molecule has 2 heterocycles. The van der Waals surface area contributed by atoms with E-state index in [0.717, 1.165) is 4.68 Å². The Balaban J connectivity index is 2.25. The van der Waals surface area contributed by atoms with Crippen molar-refractivity contribution >= 4 is 32.8 Å². The Morgan fingerprint density at radius 1 is 1.30 bits per heavy atom. The van der Waals surface area contributed by atoms with E-state index in [4.69, 9.17) is 0 Å². The fourth-order valence-electron chi connectivity index (χ4n) is 2.52. The summed E-state index contributed by atoms with van der Waals surface area (Å²) in [5, 5.41) is 13.8. The fraction of sp³-hybridized carbons (Fsp3) is 0.200. The molecule has 0 aliphatic rings. The first-order valence-electron chi connectivity index (χ1n) is 7.35. The first-order chi connectivity index (χ1) is 12.5. The van der Waals surface area contributed by atoms with E-state index < -0.39 is 35.1 Å². The Hall–Kier alpha value is -2.89. The van der Waals surface area contributed by atoms with Gasteiger partial charge in [0.2, 0.25) is 0 Å². The second kappa shape index (κ2) is 6.37. The summed E-state index contributed by atoms with van der Waals surface area (Å²) in [5.74, 6) is -1.16. The molecule has 2 N–H and O–H groups in total. The summed E-state index contributed by atoms with van der Waals surface area (Å²) in [4.78, 5) is 37.0. The van der Waals surface area contributed by atoms with Gasteiger partial charge in [-0.05, 0) is 41.1 Å². The van der Waals surface area contributed by atoms with Gasteiger partial charge in [-0.1, -0.05) is 0 Å². The summed E-state index contributed by atoms with van der Waals surface area (Å²) >= 11 is 3.19. The number of halogens is 4. The minimum absolute atomic E-state index is 0.0336. The number of aromatic amines is 1. The summed E-state index contributed by atoms with van der Waals surface area (Å²) in [6.45, 7) is 1.38. The zero-order valence-corrected chi connectivity index (χ0v) is 15.0. The van der Waals surface area contributed by atoms with E-state index in [9.17, 15) is 32.7 Å². The smallest absolute Gasteiger partial charge is 0.431 e. The molecule has 8 nitrogen and oxygen atoms in total. The number of fused-ring (bicyclic) bond motifs is 1. The minimum Gasteiger partial charge on any atom is -0.480 e. The van der Waals surface area contributed by atoms with E-state index in [1.54, 1.807) is 4.98 Å². The molecule has 0 saturated heterocycles. The van der Waals surface area contributed by atoms with Crippen LogP contribution in [0.2, 0.25) is 0 Å². The van der Waals surface area contributed by atoms with Gasteiger partial charge in [0.25, 0.3) is 5.56 Å². The lowest BCUT2D eigenvalue weighted by atomic mass is 10.2. The number of carboxylic acids is 1. The van der Waals surface area contributed by atoms with Crippen LogP contribution in [-0.4, -0.2) is 30.4 Å². The molecule has 2 aromatic heterocycles. The molecule has 1 aromatic carbocycles. The molecule has 1 atom stereocenters. The normalized spacial score (nSPS) is 13.1. The van der Waals surface area contributed by atoms with Crippen molar-refractivity contribution in [3.63, 3.8) is 0 Å². The predicted molar refractivity (Wildman–Crippen MR) is 91.0 cm³/mol. The molecule has 1 unspecified atom stereocenters. The number of alkyl halides is 3. The quantitative estimate of drug-likeness (QED) is 0.641. The number of H-pyrrole nitrogens is 1. The minimum atomic E-state index is -4.87. The third kappa shape index (κ3) is 3.27. The Kier molecular flexibility index (Phi) is 4.46. The van der Waals surface area contributed by atoms with Crippen LogP contribution in [0.5, 0.6) is 0 Å². The van der Waals surface area contributed by atoms with Crippen LogP contribution in [0.1, 0.15) is 18.7 Å². The van der Waals surface area contributed by atoms with Gasteiger partial charge in [-0.2, -0.15) is 18.3 Å². The first-order valence-corrected chi connectivity index (χ1v) is 8.14. The molecule has 3 rings (SSSR count). The number of hydrogen-bond donors (Lipinski definition) is 2. The van der Waals surface area contributed by atoms with E-state index in [0.29, 0.717) is 14.6 Å². The lowest BCUT2D eigenvalue weighted by molar-refractivity contribution is -0.142. The molecular formula is C15H10BrF3N4O4. The maximum atomic E-state index is 12.7. The molecule has 12 heteroatoms. The summed E-state index contributed by atoms with van der Waals surface area (Å²) < 4.78 is 40.2. The van der Waals surface area contributed by atoms with Crippen molar-refractivity contribution in [1.29, 1.82) is 0 Å². The van der Waals surface area contributed by atoms with E-state index in [2.05, 4.69) is 21.0 Å². The van der Waals surface area contributed by atoms with Crippen LogP contribution in [0.4, 0.5) is 13.2 Å². The highest BCUT2D eigenvalue weighted by Gasteiger charge is 2.33. The standard InChI is InChI=1S/C15H10BrF3N4O4/c1-6(13(25)26)23-9-4-7(2-3-8(9)12(16)21-23)22-11(24)5-10(15(17,18)19)20-14(22)27/h2-6H,1H3,(H,20,27)(H,25,26). The van der Waals surface area contributed by atoms with Crippen molar-refractivity contribution in [2.24, 2.45) is 0 Å². The monoisotopic (exact) mass is 446 g/mol. The maximum absolute atomic E-state index is 12.7. The predicted octanol–water partition coefficient (Wildman–Crippen LogP) is 2.30. The van der Waals surface area contributed by atoms with Crippen LogP contribution >= 0.6 is 15.9 Å². The number of carboxylic acid groups (broad SMARTS) is 1. The number of rotatable bonds is 3. The second-order valence-electron chi connectivity index (χ2n) is 5.61. The van der Waals surface area contributed by atoms with Crippen molar-refractivity contribution in [2.75, 3.05) is 0 Å². The fourth-order valence-corrected chi connectivity index (χ4v) is 3.02. The first kappa shape index (κ1) is 18.9. The van der Waals surface area contributed by atoms with Gasteiger partial charge in [-0.3, -0.25) is 4.79 Å². The van der Waals surface area contributed by atoms with Gasteiger partial charge in [0.05, 0.1) is 11.2 Å². The second-order valence-corrected chi connectivity index (χ2v) is 6.36. The van der Waals surface area contributed by atoms with Crippen LogP contribution < -0.4 is 11.2 Å². The molecule has 0 amide bonds. The highest BCUT2D eigenvalue weighted by atomic mass is 79.9. The van der Waals surface area contributed by atoms with E-state index >= 15 is 0 Å². The van der Waals surface area contributed by atoms with E-state index in [1.165, 1.54) is 25.1 Å². The van der Waals surface area contributed by atoms with Crippen LogP contribution in [-0.2, 0) is 11.0 Å². The SMILES string of the molecule is CC(C(=O)O)n1nc(Br)c2ccc(-n3c(=O)cc(C(F)(F)F)[nH]c3=O)cc21. The van der Waals surface area contributed by atoms with Crippen LogP contribution in [0.15, 0.2) is 38.5 Å². The Morgan fingerprint density at radius 2 is 1.96 bits per heavy atom. The molecule has 3 aromatic rings. The number of aromatic nitrogens is 4. The molecule has 27 heavy (non-hydrogen) atoms. The van der Waals surface area contributed by atoms with E-state index in [-0.39, 0.29) is 17.3 Å². The molecule has 0 radical (unpaired) electrons. The van der Waals surface area contributed by atoms with Crippen molar-refractivity contribution in [1.82, 2.24) is 19.3 Å². The Bertz CT molecular complexity index is 1150.